The minimum absolute atomic E-state index is 0.0686. The Balaban J connectivity index is 1.61. The van der Waals surface area contributed by atoms with Gasteiger partial charge in [0.05, 0.1) is 22.1 Å². The molecule has 2 fully saturated rings. The Morgan fingerprint density at radius 1 is 1.05 bits per heavy atom. The number of carbonyl (C=O) groups is 2. The monoisotopic (exact) mass is 539 g/mol. The Morgan fingerprint density at radius 2 is 1.74 bits per heavy atom. The number of rotatable bonds is 4. The quantitative estimate of drug-likeness (QED) is 0.200. The normalized spacial score (nSPS) is 25.9. The van der Waals surface area contributed by atoms with Gasteiger partial charge in [0.15, 0.2) is 5.78 Å². The molecule has 4 atom stereocenters. The standard InChI is InChI=1S/C28H21F4N3O4/c29-17-10-6-16(7-11-17)25(36)23-22(15-8-12-18(13-9-15)35(38)39)21-5-2-14-34(21)27(23)19-3-1-4-20(28(30,31)32)24(19)33-26(27)37/h1,3-4,6-13,21-23H,2,5,14H2,(H,33,37)/t21?,22?,23?,27-/m1/s1. The molecular formula is C28H21F4N3O4. The van der Waals surface area contributed by atoms with Crippen LogP contribution in [0.2, 0.25) is 0 Å². The minimum atomic E-state index is -4.75. The fourth-order valence-corrected chi connectivity index (χ4v) is 6.81. The van der Waals surface area contributed by atoms with Crippen LogP contribution in [0.5, 0.6) is 0 Å². The fourth-order valence-electron chi connectivity index (χ4n) is 6.81. The summed E-state index contributed by atoms with van der Waals surface area (Å²) in [6, 6.07) is 13.7. The molecule has 3 aromatic carbocycles. The van der Waals surface area contributed by atoms with Gasteiger partial charge < -0.3 is 5.32 Å². The van der Waals surface area contributed by atoms with Gasteiger partial charge in [0.25, 0.3) is 5.69 Å². The van der Waals surface area contributed by atoms with E-state index in [-0.39, 0.29) is 22.5 Å². The Labute approximate surface area is 219 Å². The smallest absolute Gasteiger partial charge is 0.323 e. The van der Waals surface area contributed by atoms with Crippen LogP contribution in [0.1, 0.15) is 45.8 Å². The number of amides is 1. The second kappa shape index (κ2) is 8.70. The van der Waals surface area contributed by atoms with Gasteiger partial charge in [-0.2, -0.15) is 13.2 Å². The van der Waals surface area contributed by atoms with Crippen molar-refractivity contribution in [2.45, 2.75) is 36.5 Å². The van der Waals surface area contributed by atoms with Crippen LogP contribution < -0.4 is 5.32 Å². The molecule has 0 saturated carbocycles. The van der Waals surface area contributed by atoms with E-state index < -0.39 is 57.6 Å². The largest absolute Gasteiger partial charge is 0.418 e. The number of benzene rings is 3. The van der Waals surface area contributed by atoms with Gasteiger partial charge in [0.1, 0.15) is 11.4 Å². The van der Waals surface area contributed by atoms with Crippen molar-refractivity contribution in [2.75, 3.05) is 11.9 Å². The van der Waals surface area contributed by atoms with Crippen LogP contribution in [0.15, 0.2) is 66.7 Å². The summed E-state index contributed by atoms with van der Waals surface area (Å²) in [4.78, 5) is 40.8. The Morgan fingerprint density at radius 3 is 2.38 bits per heavy atom. The van der Waals surface area contributed by atoms with Gasteiger partial charge in [0, 0.05) is 35.2 Å². The maximum absolute atomic E-state index is 14.3. The average molecular weight is 539 g/mol. The predicted molar refractivity (Wildman–Crippen MR) is 132 cm³/mol. The predicted octanol–water partition coefficient (Wildman–Crippen LogP) is 5.66. The summed E-state index contributed by atoms with van der Waals surface area (Å²) in [5.41, 5.74) is -2.55. The van der Waals surface area contributed by atoms with Crippen LogP contribution in [-0.2, 0) is 16.5 Å². The molecule has 2 saturated heterocycles. The van der Waals surface area contributed by atoms with Gasteiger partial charge in [-0.1, -0.05) is 24.3 Å². The lowest BCUT2D eigenvalue weighted by Crippen LogP contribution is -2.52. The summed E-state index contributed by atoms with van der Waals surface area (Å²) in [5.74, 6) is -3.67. The lowest BCUT2D eigenvalue weighted by atomic mass is 9.68. The number of nitrogens with one attached hydrogen (secondary N) is 1. The first-order valence-electron chi connectivity index (χ1n) is 12.4. The Bertz CT molecular complexity index is 1510. The molecule has 3 aromatic rings. The van der Waals surface area contributed by atoms with E-state index in [1.165, 1.54) is 48.5 Å². The van der Waals surface area contributed by atoms with E-state index in [0.29, 0.717) is 24.9 Å². The number of nitro groups is 1. The van der Waals surface area contributed by atoms with Crippen LogP contribution in [0, 0.1) is 21.8 Å². The summed E-state index contributed by atoms with van der Waals surface area (Å²) in [6.45, 7) is 0.366. The lowest BCUT2D eigenvalue weighted by molar-refractivity contribution is -0.384. The highest BCUT2D eigenvalue weighted by atomic mass is 19.4. The third kappa shape index (κ3) is 3.59. The van der Waals surface area contributed by atoms with Crippen molar-refractivity contribution in [3.05, 3.63) is 105 Å². The zero-order valence-electron chi connectivity index (χ0n) is 20.2. The van der Waals surface area contributed by atoms with Crippen molar-refractivity contribution >= 4 is 23.1 Å². The molecule has 3 unspecified atom stereocenters. The van der Waals surface area contributed by atoms with Gasteiger partial charge in [-0.15, -0.1) is 0 Å². The number of fused-ring (bicyclic) bond motifs is 4. The maximum Gasteiger partial charge on any atom is 0.418 e. The zero-order valence-corrected chi connectivity index (χ0v) is 20.2. The van der Waals surface area contributed by atoms with Crippen molar-refractivity contribution in [3.63, 3.8) is 0 Å². The van der Waals surface area contributed by atoms with Gasteiger partial charge in [-0.25, -0.2) is 4.39 Å². The number of hydrogen-bond acceptors (Lipinski definition) is 5. The lowest BCUT2D eigenvalue weighted by Gasteiger charge is -2.37. The number of Topliss-reactive ketones (excluding diaryl/α,β-unsaturated/α-hetero) is 1. The van der Waals surface area contributed by atoms with E-state index in [9.17, 15) is 37.3 Å². The summed E-state index contributed by atoms with van der Waals surface area (Å²) >= 11 is 0. The van der Waals surface area contributed by atoms with E-state index in [1.807, 2.05) is 4.90 Å². The summed E-state index contributed by atoms with van der Waals surface area (Å²) in [6.07, 6.45) is -3.53. The summed E-state index contributed by atoms with van der Waals surface area (Å²) in [5, 5.41) is 13.7. The van der Waals surface area contributed by atoms with E-state index in [4.69, 9.17) is 0 Å². The van der Waals surface area contributed by atoms with Crippen LogP contribution in [0.4, 0.5) is 28.9 Å². The van der Waals surface area contributed by atoms with E-state index in [1.54, 1.807) is 0 Å². The van der Waals surface area contributed by atoms with E-state index >= 15 is 0 Å². The molecule has 0 bridgehead atoms. The number of anilines is 1. The molecule has 3 aliphatic heterocycles. The molecule has 39 heavy (non-hydrogen) atoms. The number of nitro benzene ring substituents is 1. The first kappa shape index (κ1) is 25.2. The molecule has 1 N–H and O–H groups in total. The van der Waals surface area contributed by atoms with Gasteiger partial charge in [0.2, 0.25) is 5.91 Å². The number of ketones is 1. The number of carbonyl (C=O) groups excluding carboxylic acids is 2. The molecular weight excluding hydrogens is 518 g/mol. The molecule has 0 aromatic heterocycles. The fraction of sp³-hybridized carbons (Fsp3) is 0.286. The zero-order chi connectivity index (χ0) is 27.7. The molecule has 6 rings (SSSR count). The summed E-state index contributed by atoms with van der Waals surface area (Å²) < 4.78 is 55.7. The van der Waals surface area contributed by atoms with Gasteiger partial charge in [-0.3, -0.25) is 24.6 Å². The SMILES string of the molecule is O=C(c1ccc(F)cc1)C1C(c2ccc([N+](=O)[O-])cc2)C2CCCN2[C@@]12C(=O)Nc1c(C(F)(F)F)cccc12. The third-order valence-electron chi connectivity index (χ3n) is 8.24. The van der Waals surface area contributed by atoms with Gasteiger partial charge in [-0.05, 0) is 55.3 Å². The topological polar surface area (TPSA) is 92.5 Å². The maximum atomic E-state index is 14.3. The molecule has 1 spiro atoms. The highest BCUT2D eigenvalue weighted by Gasteiger charge is 2.69. The number of alkyl halides is 3. The van der Waals surface area contributed by atoms with Gasteiger partial charge >= 0.3 is 6.18 Å². The number of nitrogens with zero attached hydrogens (tertiary/aromatic N) is 2. The number of hydrogen-bond donors (Lipinski definition) is 1. The third-order valence-corrected chi connectivity index (χ3v) is 8.24. The molecule has 0 radical (unpaired) electrons. The number of para-hydroxylation sites is 1. The average Bonchev–Trinajstić information content (AvgIpc) is 3.56. The molecule has 200 valence electrons. The molecule has 3 heterocycles. The molecule has 1 amide bonds. The molecule has 0 aliphatic carbocycles. The van der Waals surface area contributed by atoms with Crippen molar-refractivity contribution in [2.24, 2.45) is 5.92 Å². The highest BCUT2D eigenvalue weighted by Crippen LogP contribution is 2.62. The minimum Gasteiger partial charge on any atom is -0.323 e. The van der Waals surface area contributed by atoms with Crippen LogP contribution in [-0.4, -0.2) is 34.1 Å². The molecule has 3 aliphatic rings. The van der Waals surface area contributed by atoms with Crippen LogP contribution >= 0.6 is 0 Å². The first-order valence-corrected chi connectivity index (χ1v) is 12.4. The highest BCUT2D eigenvalue weighted by molar-refractivity contribution is 6.13. The first-order chi connectivity index (χ1) is 18.5. The second-order valence-electron chi connectivity index (χ2n) is 10.1. The molecule has 11 heteroatoms. The molecule has 7 nitrogen and oxygen atoms in total. The Hall–Kier alpha value is -4.12. The van der Waals surface area contributed by atoms with E-state index in [2.05, 4.69) is 5.32 Å². The summed E-state index contributed by atoms with van der Waals surface area (Å²) in [7, 11) is 0. The Kier molecular flexibility index (Phi) is 5.62. The van der Waals surface area contributed by atoms with Crippen LogP contribution in [0.3, 0.4) is 0 Å². The van der Waals surface area contributed by atoms with Crippen molar-refractivity contribution in [1.82, 2.24) is 4.90 Å². The van der Waals surface area contributed by atoms with E-state index in [0.717, 1.165) is 18.2 Å². The second-order valence-corrected chi connectivity index (χ2v) is 10.1. The number of halogens is 4. The van der Waals surface area contributed by atoms with Crippen molar-refractivity contribution in [1.29, 1.82) is 0 Å². The van der Waals surface area contributed by atoms with Crippen LogP contribution in [0.25, 0.3) is 0 Å². The number of non-ortho nitro benzene ring substituents is 1. The van der Waals surface area contributed by atoms with Crippen molar-refractivity contribution < 1.29 is 32.1 Å². The van der Waals surface area contributed by atoms with Crippen molar-refractivity contribution in [3.8, 4) is 0 Å².